The van der Waals surface area contributed by atoms with Crippen molar-refractivity contribution in [2.75, 3.05) is 4.90 Å². The number of para-hydroxylation sites is 2. The van der Waals surface area contributed by atoms with Gasteiger partial charge < -0.3 is 13.7 Å². The van der Waals surface area contributed by atoms with Crippen molar-refractivity contribution in [2.24, 2.45) is 0 Å². The lowest BCUT2D eigenvalue weighted by Gasteiger charge is -2.27. The largest absolute Gasteiger partial charge is 0.456 e. The molecular formula is C50H31NO2. The summed E-state index contributed by atoms with van der Waals surface area (Å²) in [5.41, 5.74) is 11.2. The predicted molar refractivity (Wildman–Crippen MR) is 222 cm³/mol. The first-order chi connectivity index (χ1) is 26.3. The van der Waals surface area contributed by atoms with Crippen molar-refractivity contribution >= 4 is 82.5 Å². The van der Waals surface area contributed by atoms with Crippen LogP contribution in [0.25, 0.3) is 87.7 Å². The van der Waals surface area contributed by atoms with Gasteiger partial charge in [0, 0.05) is 32.9 Å². The molecule has 11 rings (SSSR count). The maximum atomic E-state index is 6.66. The van der Waals surface area contributed by atoms with E-state index in [9.17, 15) is 0 Å². The number of hydrogen-bond acceptors (Lipinski definition) is 3. The molecule has 0 radical (unpaired) electrons. The van der Waals surface area contributed by atoms with E-state index in [0.29, 0.717) is 0 Å². The quantitative estimate of drug-likeness (QED) is 0.182. The van der Waals surface area contributed by atoms with Crippen molar-refractivity contribution in [2.45, 2.75) is 0 Å². The monoisotopic (exact) mass is 677 g/mol. The van der Waals surface area contributed by atoms with Gasteiger partial charge in [-0.05, 0) is 93.0 Å². The van der Waals surface area contributed by atoms with Gasteiger partial charge in [-0.2, -0.15) is 0 Å². The second-order valence-corrected chi connectivity index (χ2v) is 13.7. The van der Waals surface area contributed by atoms with Crippen LogP contribution < -0.4 is 4.90 Å². The number of fused-ring (bicyclic) bond motifs is 9. The van der Waals surface area contributed by atoms with Crippen LogP contribution in [0.5, 0.6) is 0 Å². The summed E-state index contributed by atoms with van der Waals surface area (Å²) < 4.78 is 13.1. The summed E-state index contributed by atoms with van der Waals surface area (Å²) in [6, 6.07) is 66.9. The van der Waals surface area contributed by atoms with Crippen molar-refractivity contribution in [3.05, 3.63) is 188 Å². The van der Waals surface area contributed by atoms with Crippen LogP contribution >= 0.6 is 0 Å². The predicted octanol–water partition coefficient (Wildman–Crippen LogP) is 14.6. The standard InChI is InChI=1S/C50H31NO2/c1-2-13-35-29-36(24-23-32(35)11-1)33-25-27-38(28-26-33)51(44-20-10-14-34-12-3-4-17-40(34)44)39-16-9-15-37(30-39)43-31-47-49(42-19-6-7-21-45(42)52-47)50-48(43)41-18-5-8-22-46(41)53-50/h1-31H. The number of hydrogen-bond donors (Lipinski definition) is 0. The van der Waals surface area contributed by atoms with E-state index in [-0.39, 0.29) is 0 Å². The number of furan rings is 2. The second-order valence-electron chi connectivity index (χ2n) is 13.7. The third-order valence-electron chi connectivity index (χ3n) is 10.6. The molecule has 0 saturated heterocycles. The van der Waals surface area contributed by atoms with Gasteiger partial charge in [0.05, 0.1) is 11.1 Å². The minimum absolute atomic E-state index is 0.813. The van der Waals surface area contributed by atoms with Crippen molar-refractivity contribution in [1.29, 1.82) is 0 Å². The average Bonchev–Trinajstić information content (AvgIpc) is 3.80. The lowest BCUT2D eigenvalue weighted by Crippen LogP contribution is -2.10. The summed E-state index contributed by atoms with van der Waals surface area (Å²) in [6.07, 6.45) is 0. The summed E-state index contributed by atoms with van der Waals surface area (Å²) in [7, 11) is 0. The van der Waals surface area contributed by atoms with Gasteiger partial charge in [-0.25, -0.2) is 0 Å². The molecule has 53 heavy (non-hydrogen) atoms. The Kier molecular flexibility index (Phi) is 6.55. The van der Waals surface area contributed by atoms with Gasteiger partial charge in [-0.15, -0.1) is 0 Å². The maximum absolute atomic E-state index is 6.66. The molecule has 11 aromatic rings. The summed E-state index contributed by atoms with van der Waals surface area (Å²) in [5.74, 6) is 0. The molecular weight excluding hydrogens is 647 g/mol. The van der Waals surface area contributed by atoms with Crippen molar-refractivity contribution < 1.29 is 8.83 Å². The number of rotatable bonds is 5. The van der Waals surface area contributed by atoms with E-state index in [1.54, 1.807) is 0 Å². The van der Waals surface area contributed by atoms with E-state index in [1.807, 2.05) is 24.3 Å². The van der Waals surface area contributed by atoms with Gasteiger partial charge in [-0.3, -0.25) is 0 Å². The van der Waals surface area contributed by atoms with Crippen LogP contribution in [0, 0.1) is 0 Å². The van der Waals surface area contributed by atoms with E-state index >= 15 is 0 Å². The zero-order valence-electron chi connectivity index (χ0n) is 28.7. The molecule has 0 amide bonds. The van der Waals surface area contributed by atoms with E-state index < -0.39 is 0 Å². The minimum atomic E-state index is 0.813. The topological polar surface area (TPSA) is 29.5 Å². The molecule has 3 heteroatoms. The first-order valence-electron chi connectivity index (χ1n) is 18.0. The van der Waals surface area contributed by atoms with Gasteiger partial charge in [0.2, 0.25) is 0 Å². The van der Waals surface area contributed by atoms with E-state index in [2.05, 4.69) is 169 Å². The van der Waals surface area contributed by atoms with E-state index in [4.69, 9.17) is 8.83 Å². The van der Waals surface area contributed by atoms with Crippen LogP contribution in [0.15, 0.2) is 197 Å². The van der Waals surface area contributed by atoms with Crippen molar-refractivity contribution in [3.63, 3.8) is 0 Å². The Morgan fingerprint density at radius 2 is 0.981 bits per heavy atom. The second kappa shape index (κ2) is 11.7. The average molecular weight is 678 g/mol. The Bertz CT molecular complexity index is 3180. The van der Waals surface area contributed by atoms with Gasteiger partial charge >= 0.3 is 0 Å². The molecule has 0 N–H and O–H groups in total. The van der Waals surface area contributed by atoms with Crippen LogP contribution in [0.2, 0.25) is 0 Å². The Balaban J connectivity index is 1.11. The highest BCUT2D eigenvalue weighted by atomic mass is 16.3. The Morgan fingerprint density at radius 1 is 0.340 bits per heavy atom. The molecule has 0 unspecified atom stereocenters. The molecule has 248 valence electrons. The number of anilines is 3. The fourth-order valence-corrected chi connectivity index (χ4v) is 8.13. The maximum Gasteiger partial charge on any atom is 0.147 e. The SMILES string of the molecule is c1cc(-c2cc3oc4ccccc4c3c3oc4ccccc4c23)cc(N(c2ccc(-c3ccc4ccccc4c3)cc2)c2cccc3ccccc23)c1. The summed E-state index contributed by atoms with van der Waals surface area (Å²) in [4.78, 5) is 2.38. The summed E-state index contributed by atoms with van der Waals surface area (Å²) in [5, 5.41) is 9.11. The van der Waals surface area contributed by atoms with Crippen LogP contribution in [-0.4, -0.2) is 0 Å². The Morgan fingerprint density at radius 3 is 1.81 bits per heavy atom. The summed E-state index contributed by atoms with van der Waals surface area (Å²) >= 11 is 0. The number of benzene rings is 9. The van der Waals surface area contributed by atoms with Crippen LogP contribution in [0.4, 0.5) is 17.1 Å². The molecule has 2 aromatic heterocycles. The molecule has 0 aliphatic heterocycles. The molecule has 0 bridgehead atoms. The van der Waals surface area contributed by atoms with Crippen molar-refractivity contribution in [3.8, 4) is 22.3 Å². The minimum Gasteiger partial charge on any atom is -0.456 e. The lowest BCUT2D eigenvalue weighted by molar-refractivity contribution is 0.663. The van der Waals surface area contributed by atoms with Crippen LogP contribution in [0.3, 0.4) is 0 Å². The van der Waals surface area contributed by atoms with Crippen molar-refractivity contribution in [1.82, 2.24) is 0 Å². The zero-order chi connectivity index (χ0) is 34.9. The van der Waals surface area contributed by atoms with E-state index in [1.165, 1.54) is 32.7 Å². The smallest absolute Gasteiger partial charge is 0.147 e. The first-order valence-corrected chi connectivity index (χ1v) is 18.0. The molecule has 9 aromatic carbocycles. The fraction of sp³-hybridized carbons (Fsp3) is 0. The van der Waals surface area contributed by atoms with E-state index in [0.717, 1.165) is 72.1 Å². The zero-order valence-corrected chi connectivity index (χ0v) is 28.7. The van der Waals surface area contributed by atoms with Gasteiger partial charge in [-0.1, -0.05) is 133 Å². The molecule has 0 spiro atoms. The highest BCUT2D eigenvalue weighted by molar-refractivity contribution is 6.26. The summed E-state index contributed by atoms with van der Waals surface area (Å²) in [6.45, 7) is 0. The Hall–Kier alpha value is -7.10. The highest BCUT2D eigenvalue weighted by Crippen LogP contribution is 2.46. The van der Waals surface area contributed by atoms with Gasteiger partial charge in [0.1, 0.15) is 22.3 Å². The fourth-order valence-electron chi connectivity index (χ4n) is 8.13. The normalized spacial score (nSPS) is 11.8. The van der Waals surface area contributed by atoms with Crippen LogP contribution in [-0.2, 0) is 0 Å². The molecule has 0 fully saturated rings. The molecule has 3 nitrogen and oxygen atoms in total. The number of nitrogens with zero attached hydrogens (tertiary/aromatic N) is 1. The third kappa shape index (κ3) is 4.75. The highest BCUT2D eigenvalue weighted by Gasteiger charge is 2.22. The molecule has 0 atom stereocenters. The lowest BCUT2D eigenvalue weighted by atomic mass is 9.96. The third-order valence-corrected chi connectivity index (χ3v) is 10.6. The molecule has 0 aliphatic rings. The molecule has 0 aliphatic carbocycles. The van der Waals surface area contributed by atoms with Crippen LogP contribution in [0.1, 0.15) is 0 Å². The Labute approximate surface area is 305 Å². The molecule has 2 heterocycles. The first kappa shape index (κ1) is 29.6. The molecule has 0 saturated carbocycles. The van der Waals surface area contributed by atoms with Gasteiger partial charge in [0.15, 0.2) is 0 Å². The van der Waals surface area contributed by atoms with Gasteiger partial charge in [0.25, 0.3) is 0 Å².